The molecule has 0 atom stereocenters. The molecule has 2 aromatic rings. The van der Waals surface area contributed by atoms with Gasteiger partial charge in [0, 0.05) is 0 Å². The summed E-state index contributed by atoms with van der Waals surface area (Å²) in [5.41, 5.74) is 3.81. The predicted molar refractivity (Wildman–Crippen MR) is 67.4 cm³/mol. The van der Waals surface area contributed by atoms with E-state index in [1.807, 2.05) is 6.07 Å². The van der Waals surface area contributed by atoms with Crippen molar-refractivity contribution in [2.45, 2.75) is 13.3 Å². The van der Waals surface area contributed by atoms with Gasteiger partial charge in [-0.3, -0.25) is 0 Å². The molecule has 1 aliphatic rings. The van der Waals surface area contributed by atoms with Crippen molar-refractivity contribution in [2.75, 3.05) is 6.79 Å². The number of aryl methyl sites for hydroxylation is 1. The standard InChI is InChI=1S/C15H14O2/c1-2-11-5-3-4-6-13(11)12-7-8-14-15(9-12)17-10-16-14/h3-9H,2,10H2,1H3. The first-order chi connectivity index (χ1) is 8.38. The van der Waals surface area contributed by atoms with Crippen LogP contribution in [0.2, 0.25) is 0 Å². The van der Waals surface area contributed by atoms with E-state index in [4.69, 9.17) is 9.47 Å². The fourth-order valence-corrected chi connectivity index (χ4v) is 2.17. The molecule has 0 radical (unpaired) electrons. The Morgan fingerprint density at radius 3 is 2.71 bits per heavy atom. The molecular formula is C15H14O2. The normalized spacial score (nSPS) is 12.8. The number of rotatable bonds is 2. The smallest absolute Gasteiger partial charge is 0.231 e. The van der Waals surface area contributed by atoms with E-state index in [1.54, 1.807) is 0 Å². The fourth-order valence-electron chi connectivity index (χ4n) is 2.17. The molecule has 0 aromatic heterocycles. The summed E-state index contributed by atoms with van der Waals surface area (Å²) in [7, 11) is 0. The second kappa shape index (κ2) is 4.13. The summed E-state index contributed by atoms with van der Waals surface area (Å²) in [6.45, 7) is 2.50. The summed E-state index contributed by atoms with van der Waals surface area (Å²) in [6.07, 6.45) is 1.03. The van der Waals surface area contributed by atoms with Gasteiger partial charge in [-0.1, -0.05) is 37.3 Å². The minimum atomic E-state index is 0.328. The first kappa shape index (κ1) is 10.2. The molecule has 2 nitrogen and oxygen atoms in total. The van der Waals surface area contributed by atoms with Gasteiger partial charge >= 0.3 is 0 Å². The van der Waals surface area contributed by atoms with Gasteiger partial charge in [0.25, 0.3) is 0 Å². The molecule has 0 spiro atoms. The highest BCUT2D eigenvalue weighted by Gasteiger charge is 2.14. The molecular weight excluding hydrogens is 212 g/mol. The number of fused-ring (bicyclic) bond motifs is 1. The second-order valence-electron chi connectivity index (χ2n) is 4.08. The van der Waals surface area contributed by atoms with E-state index in [0.717, 1.165) is 17.9 Å². The Kier molecular flexibility index (Phi) is 2.48. The average molecular weight is 226 g/mol. The van der Waals surface area contributed by atoms with Crippen molar-refractivity contribution in [2.24, 2.45) is 0 Å². The second-order valence-corrected chi connectivity index (χ2v) is 4.08. The van der Waals surface area contributed by atoms with Crippen molar-refractivity contribution in [3.63, 3.8) is 0 Å². The van der Waals surface area contributed by atoms with Crippen LogP contribution < -0.4 is 9.47 Å². The van der Waals surface area contributed by atoms with Crippen LogP contribution in [0.4, 0.5) is 0 Å². The van der Waals surface area contributed by atoms with Crippen LogP contribution in [0, 0.1) is 0 Å². The SMILES string of the molecule is CCc1ccccc1-c1ccc2c(c1)OCO2. The van der Waals surface area contributed by atoms with Crippen LogP contribution in [-0.2, 0) is 6.42 Å². The molecule has 0 aliphatic carbocycles. The highest BCUT2D eigenvalue weighted by atomic mass is 16.7. The van der Waals surface area contributed by atoms with Gasteiger partial charge in [0.15, 0.2) is 11.5 Å². The zero-order chi connectivity index (χ0) is 11.7. The summed E-state index contributed by atoms with van der Waals surface area (Å²) >= 11 is 0. The van der Waals surface area contributed by atoms with Gasteiger partial charge < -0.3 is 9.47 Å². The topological polar surface area (TPSA) is 18.5 Å². The fraction of sp³-hybridized carbons (Fsp3) is 0.200. The number of benzene rings is 2. The summed E-state index contributed by atoms with van der Waals surface area (Å²) in [4.78, 5) is 0. The monoisotopic (exact) mass is 226 g/mol. The van der Waals surface area contributed by atoms with E-state index in [2.05, 4.69) is 43.3 Å². The molecule has 3 rings (SSSR count). The maximum atomic E-state index is 5.41. The van der Waals surface area contributed by atoms with E-state index in [9.17, 15) is 0 Å². The number of hydrogen-bond acceptors (Lipinski definition) is 2. The number of ether oxygens (including phenoxy) is 2. The highest BCUT2D eigenvalue weighted by molar-refractivity contribution is 5.70. The van der Waals surface area contributed by atoms with Gasteiger partial charge in [-0.2, -0.15) is 0 Å². The lowest BCUT2D eigenvalue weighted by atomic mass is 9.98. The first-order valence-electron chi connectivity index (χ1n) is 5.86. The predicted octanol–water partition coefficient (Wildman–Crippen LogP) is 3.64. The third-order valence-corrected chi connectivity index (χ3v) is 3.08. The molecule has 0 fully saturated rings. The molecule has 0 amide bonds. The Hall–Kier alpha value is -1.96. The van der Waals surface area contributed by atoms with Gasteiger partial charge in [-0.15, -0.1) is 0 Å². The van der Waals surface area contributed by atoms with Crippen LogP contribution in [0.25, 0.3) is 11.1 Å². The van der Waals surface area contributed by atoms with Crippen molar-refractivity contribution in [1.82, 2.24) is 0 Å². The Labute approximate surface area is 101 Å². The molecule has 86 valence electrons. The van der Waals surface area contributed by atoms with Crippen LogP contribution in [0.5, 0.6) is 11.5 Å². The molecule has 0 saturated carbocycles. The summed E-state index contributed by atoms with van der Waals surface area (Å²) in [6, 6.07) is 14.6. The highest BCUT2D eigenvalue weighted by Crippen LogP contribution is 2.36. The summed E-state index contributed by atoms with van der Waals surface area (Å²) in [5.74, 6) is 1.68. The zero-order valence-corrected chi connectivity index (χ0v) is 9.77. The molecule has 1 heterocycles. The van der Waals surface area contributed by atoms with E-state index in [0.29, 0.717) is 6.79 Å². The Bertz CT molecular complexity index is 546. The largest absolute Gasteiger partial charge is 0.454 e. The van der Waals surface area contributed by atoms with Crippen molar-refractivity contribution in [3.05, 3.63) is 48.0 Å². The van der Waals surface area contributed by atoms with E-state index in [-0.39, 0.29) is 0 Å². The van der Waals surface area contributed by atoms with Gasteiger partial charge in [0.2, 0.25) is 6.79 Å². The third-order valence-electron chi connectivity index (χ3n) is 3.08. The van der Waals surface area contributed by atoms with Crippen molar-refractivity contribution >= 4 is 0 Å². The van der Waals surface area contributed by atoms with Crippen LogP contribution >= 0.6 is 0 Å². The summed E-state index contributed by atoms with van der Waals surface area (Å²) in [5, 5.41) is 0. The lowest BCUT2D eigenvalue weighted by Gasteiger charge is -2.08. The Morgan fingerprint density at radius 1 is 1.00 bits per heavy atom. The molecule has 17 heavy (non-hydrogen) atoms. The first-order valence-corrected chi connectivity index (χ1v) is 5.86. The van der Waals surface area contributed by atoms with Crippen LogP contribution in [-0.4, -0.2) is 6.79 Å². The van der Waals surface area contributed by atoms with E-state index >= 15 is 0 Å². The van der Waals surface area contributed by atoms with Gasteiger partial charge in [0.1, 0.15) is 0 Å². The molecule has 0 bridgehead atoms. The lowest BCUT2D eigenvalue weighted by Crippen LogP contribution is -1.92. The molecule has 0 N–H and O–H groups in total. The molecule has 0 unspecified atom stereocenters. The van der Waals surface area contributed by atoms with E-state index < -0.39 is 0 Å². The molecule has 2 heteroatoms. The third kappa shape index (κ3) is 1.76. The minimum absolute atomic E-state index is 0.328. The maximum Gasteiger partial charge on any atom is 0.231 e. The Morgan fingerprint density at radius 2 is 1.82 bits per heavy atom. The molecule has 2 aromatic carbocycles. The zero-order valence-electron chi connectivity index (χ0n) is 9.77. The van der Waals surface area contributed by atoms with E-state index in [1.165, 1.54) is 16.7 Å². The van der Waals surface area contributed by atoms with Crippen molar-refractivity contribution < 1.29 is 9.47 Å². The quantitative estimate of drug-likeness (QED) is 0.778. The van der Waals surface area contributed by atoms with Crippen molar-refractivity contribution in [1.29, 1.82) is 0 Å². The number of hydrogen-bond donors (Lipinski definition) is 0. The van der Waals surface area contributed by atoms with Gasteiger partial charge in [-0.05, 0) is 35.2 Å². The molecule has 1 aliphatic heterocycles. The maximum absolute atomic E-state index is 5.41. The van der Waals surface area contributed by atoms with Crippen LogP contribution in [0.15, 0.2) is 42.5 Å². The Balaban J connectivity index is 2.09. The van der Waals surface area contributed by atoms with Gasteiger partial charge in [0.05, 0.1) is 0 Å². The lowest BCUT2D eigenvalue weighted by molar-refractivity contribution is 0.174. The van der Waals surface area contributed by atoms with Crippen molar-refractivity contribution in [3.8, 4) is 22.6 Å². The van der Waals surface area contributed by atoms with Crippen LogP contribution in [0.3, 0.4) is 0 Å². The summed E-state index contributed by atoms with van der Waals surface area (Å²) < 4.78 is 10.7. The van der Waals surface area contributed by atoms with Gasteiger partial charge in [-0.25, -0.2) is 0 Å². The molecule has 0 saturated heterocycles. The van der Waals surface area contributed by atoms with Crippen LogP contribution in [0.1, 0.15) is 12.5 Å². The minimum Gasteiger partial charge on any atom is -0.454 e. The average Bonchev–Trinajstić information content (AvgIpc) is 2.85.